The Balaban J connectivity index is 2.48. The zero-order chi connectivity index (χ0) is 14.4. The molecule has 0 aliphatic rings. The predicted octanol–water partition coefficient (Wildman–Crippen LogP) is 3.09. The number of rotatable bonds is 5. The molecule has 2 amide bonds. The van der Waals surface area contributed by atoms with Gasteiger partial charge in [-0.15, -0.1) is 0 Å². The smallest absolute Gasteiger partial charge is 0.243 e. The Bertz CT molecular complexity index is 476. The molecule has 0 heterocycles. The number of hydrogen-bond donors (Lipinski definition) is 2. The van der Waals surface area contributed by atoms with Gasteiger partial charge in [-0.25, -0.2) is 0 Å². The highest BCUT2D eigenvalue weighted by atomic mass is 35.5. The molecule has 0 aromatic heterocycles. The van der Waals surface area contributed by atoms with Crippen LogP contribution in [0.15, 0.2) is 18.2 Å². The topological polar surface area (TPSA) is 58.2 Å². The first-order valence-corrected chi connectivity index (χ1v) is 6.66. The van der Waals surface area contributed by atoms with Crippen molar-refractivity contribution in [2.24, 2.45) is 5.92 Å². The normalized spacial score (nSPS) is 10.4. The average molecular weight is 303 g/mol. The molecule has 6 heteroatoms. The number of anilines is 1. The first kappa shape index (κ1) is 15.8. The van der Waals surface area contributed by atoms with E-state index in [-0.39, 0.29) is 29.3 Å². The van der Waals surface area contributed by atoms with Crippen LogP contribution in [0, 0.1) is 5.92 Å². The molecule has 0 atom stereocenters. The zero-order valence-electron chi connectivity index (χ0n) is 10.8. The molecule has 1 aromatic rings. The molecule has 0 saturated heterocycles. The van der Waals surface area contributed by atoms with Crippen LogP contribution in [0.25, 0.3) is 0 Å². The van der Waals surface area contributed by atoms with Crippen molar-refractivity contribution in [2.75, 3.05) is 11.9 Å². The van der Waals surface area contributed by atoms with E-state index in [1.165, 1.54) is 0 Å². The summed E-state index contributed by atoms with van der Waals surface area (Å²) in [6.45, 7) is 3.78. The van der Waals surface area contributed by atoms with E-state index < -0.39 is 0 Å². The Kier molecular flexibility index (Phi) is 6.12. The summed E-state index contributed by atoms with van der Waals surface area (Å²) in [7, 11) is 0. The number of carbonyl (C=O) groups is 2. The van der Waals surface area contributed by atoms with Gasteiger partial charge >= 0.3 is 0 Å². The van der Waals surface area contributed by atoms with Gasteiger partial charge in [0, 0.05) is 6.42 Å². The van der Waals surface area contributed by atoms with Crippen LogP contribution < -0.4 is 10.6 Å². The number of hydrogen-bond acceptors (Lipinski definition) is 2. The summed E-state index contributed by atoms with van der Waals surface area (Å²) in [5, 5.41) is 5.78. The average Bonchev–Trinajstić information content (AvgIpc) is 2.32. The summed E-state index contributed by atoms with van der Waals surface area (Å²) in [5.74, 6) is -0.242. The Hall–Kier alpha value is -1.26. The van der Waals surface area contributed by atoms with Gasteiger partial charge in [-0.3, -0.25) is 9.59 Å². The lowest BCUT2D eigenvalue weighted by atomic mass is 10.1. The van der Waals surface area contributed by atoms with Crippen molar-refractivity contribution >= 4 is 40.7 Å². The molecular weight excluding hydrogens is 287 g/mol. The number of halogens is 2. The van der Waals surface area contributed by atoms with Gasteiger partial charge < -0.3 is 10.6 Å². The largest absolute Gasteiger partial charge is 0.347 e. The van der Waals surface area contributed by atoms with Crippen LogP contribution in [-0.2, 0) is 9.59 Å². The standard InChI is InChI=1S/C13H16Cl2N2O2/c1-8(2)6-11(18)16-7-12(19)17-10-5-3-4-9(14)13(10)15/h3-5,8H,6-7H2,1-2H3,(H,16,18)(H,17,19). The van der Waals surface area contributed by atoms with Crippen molar-refractivity contribution in [1.82, 2.24) is 5.32 Å². The highest BCUT2D eigenvalue weighted by Gasteiger charge is 2.10. The third kappa shape index (κ3) is 5.49. The number of benzene rings is 1. The maximum absolute atomic E-state index is 11.6. The van der Waals surface area contributed by atoms with E-state index in [4.69, 9.17) is 23.2 Å². The molecule has 2 N–H and O–H groups in total. The number of carbonyl (C=O) groups excluding carboxylic acids is 2. The molecule has 0 saturated carbocycles. The van der Waals surface area contributed by atoms with Crippen molar-refractivity contribution in [3.63, 3.8) is 0 Å². The van der Waals surface area contributed by atoms with Crippen LogP contribution in [0.1, 0.15) is 20.3 Å². The second-order valence-corrected chi connectivity index (χ2v) is 5.31. The van der Waals surface area contributed by atoms with Crippen LogP contribution in [0.3, 0.4) is 0 Å². The fourth-order valence-electron chi connectivity index (χ4n) is 1.42. The SMILES string of the molecule is CC(C)CC(=O)NCC(=O)Nc1cccc(Cl)c1Cl. The zero-order valence-corrected chi connectivity index (χ0v) is 12.3. The minimum Gasteiger partial charge on any atom is -0.347 e. The van der Waals surface area contributed by atoms with Gasteiger partial charge in [-0.2, -0.15) is 0 Å². The summed E-state index contributed by atoms with van der Waals surface area (Å²) in [4.78, 5) is 23.0. The molecule has 4 nitrogen and oxygen atoms in total. The first-order chi connectivity index (χ1) is 8.90. The molecule has 0 fully saturated rings. The van der Waals surface area contributed by atoms with E-state index in [0.29, 0.717) is 17.1 Å². The van der Waals surface area contributed by atoms with Gasteiger partial charge in [0.2, 0.25) is 11.8 Å². The molecule has 1 rings (SSSR count). The van der Waals surface area contributed by atoms with Gasteiger partial charge in [0.1, 0.15) is 0 Å². The Morgan fingerprint density at radius 1 is 1.21 bits per heavy atom. The molecular formula is C13H16Cl2N2O2. The van der Waals surface area contributed by atoms with Crippen LogP contribution in [0.5, 0.6) is 0 Å². The quantitative estimate of drug-likeness (QED) is 0.878. The summed E-state index contributed by atoms with van der Waals surface area (Å²) in [6, 6.07) is 4.95. The van der Waals surface area contributed by atoms with Crippen LogP contribution in [0.2, 0.25) is 10.0 Å². The molecule has 0 bridgehead atoms. The molecule has 0 spiro atoms. The van der Waals surface area contributed by atoms with E-state index in [9.17, 15) is 9.59 Å². The maximum Gasteiger partial charge on any atom is 0.243 e. The third-order valence-electron chi connectivity index (χ3n) is 2.27. The molecule has 0 radical (unpaired) electrons. The molecule has 0 aliphatic carbocycles. The van der Waals surface area contributed by atoms with E-state index in [2.05, 4.69) is 10.6 Å². The second kappa shape index (κ2) is 7.36. The van der Waals surface area contributed by atoms with Gasteiger partial charge in [0.25, 0.3) is 0 Å². The molecule has 19 heavy (non-hydrogen) atoms. The van der Waals surface area contributed by atoms with Gasteiger partial charge in [-0.1, -0.05) is 43.1 Å². The van der Waals surface area contributed by atoms with Gasteiger partial charge in [0.05, 0.1) is 22.3 Å². The van der Waals surface area contributed by atoms with Crippen LogP contribution >= 0.6 is 23.2 Å². The van der Waals surface area contributed by atoms with Crippen LogP contribution in [-0.4, -0.2) is 18.4 Å². The van der Waals surface area contributed by atoms with Gasteiger partial charge in [0.15, 0.2) is 0 Å². The second-order valence-electron chi connectivity index (χ2n) is 4.52. The maximum atomic E-state index is 11.6. The predicted molar refractivity (Wildman–Crippen MR) is 77.6 cm³/mol. The summed E-state index contributed by atoms with van der Waals surface area (Å²) in [6.07, 6.45) is 0.394. The molecule has 104 valence electrons. The number of nitrogens with one attached hydrogen (secondary N) is 2. The Morgan fingerprint density at radius 3 is 2.53 bits per heavy atom. The van der Waals surface area contributed by atoms with Crippen molar-refractivity contribution in [1.29, 1.82) is 0 Å². The molecule has 0 aliphatic heterocycles. The Labute approximate surface area is 122 Å². The van der Waals surface area contributed by atoms with Crippen molar-refractivity contribution < 1.29 is 9.59 Å². The summed E-state index contributed by atoms with van der Waals surface area (Å²) in [5.41, 5.74) is 0.428. The minimum atomic E-state index is -0.346. The first-order valence-electron chi connectivity index (χ1n) is 5.90. The van der Waals surface area contributed by atoms with E-state index >= 15 is 0 Å². The molecule has 0 unspecified atom stereocenters. The van der Waals surface area contributed by atoms with E-state index in [1.54, 1.807) is 18.2 Å². The highest BCUT2D eigenvalue weighted by molar-refractivity contribution is 6.44. The van der Waals surface area contributed by atoms with Crippen molar-refractivity contribution in [2.45, 2.75) is 20.3 Å². The monoisotopic (exact) mass is 302 g/mol. The fraction of sp³-hybridized carbons (Fsp3) is 0.385. The van der Waals surface area contributed by atoms with Crippen molar-refractivity contribution in [3.05, 3.63) is 28.2 Å². The minimum absolute atomic E-state index is 0.0889. The van der Waals surface area contributed by atoms with Crippen LogP contribution in [0.4, 0.5) is 5.69 Å². The lowest BCUT2D eigenvalue weighted by Crippen LogP contribution is -2.33. The summed E-state index contributed by atoms with van der Waals surface area (Å²) < 4.78 is 0. The fourth-order valence-corrected chi connectivity index (χ4v) is 1.76. The van der Waals surface area contributed by atoms with E-state index in [1.807, 2.05) is 13.8 Å². The summed E-state index contributed by atoms with van der Waals surface area (Å²) >= 11 is 11.8. The lowest BCUT2D eigenvalue weighted by Gasteiger charge is -2.09. The van der Waals surface area contributed by atoms with Gasteiger partial charge in [-0.05, 0) is 18.1 Å². The number of amides is 2. The Morgan fingerprint density at radius 2 is 1.89 bits per heavy atom. The highest BCUT2D eigenvalue weighted by Crippen LogP contribution is 2.29. The molecule has 1 aromatic carbocycles. The third-order valence-corrected chi connectivity index (χ3v) is 3.08. The van der Waals surface area contributed by atoms with E-state index in [0.717, 1.165) is 0 Å². The lowest BCUT2D eigenvalue weighted by molar-refractivity contribution is -0.124. The van der Waals surface area contributed by atoms with Crippen molar-refractivity contribution in [3.8, 4) is 0 Å².